The standard InChI is InChI=1S/C12H15NO5S/c14-8-9-4-3-7-13(9)19(17,18)11-6-2-1-5-10(11)12(15)16/h1-2,5-6,9,14H,3-4,7-8H2,(H,15,16)/t9-/m0/s1. The average Bonchev–Trinajstić information content (AvgIpc) is 2.87. The molecule has 1 aliphatic rings. The molecule has 0 bridgehead atoms. The molecule has 0 saturated carbocycles. The number of hydrogen-bond donors (Lipinski definition) is 2. The minimum Gasteiger partial charge on any atom is -0.478 e. The maximum absolute atomic E-state index is 12.5. The van der Waals surface area contributed by atoms with Gasteiger partial charge in [0, 0.05) is 12.6 Å². The van der Waals surface area contributed by atoms with Crippen LogP contribution >= 0.6 is 0 Å². The van der Waals surface area contributed by atoms with Crippen molar-refractivity contribution in [3.05, 3.63) is 29.8 Å². The molecular weight excluding hydrogens is 270 g/mol. The lowest BCUT2D eigenvalue weighted by Crippen LogP contribution is -2.38. The Kier molecular flexibility index (Phi) is 3.88. The molecule has 0 amide bonds. The van der Waals surface area contributed by atoms with E-state index in [1.807, 2.05) is 0 Å². The van der Waals surface area contributed by atoms with E-state index in [1.165, 1.54) is 28.6 Å². The third-order valence-electron chi connectivity index (χ3n) is 3.24. The Labute approximate surface area is 111 Å². The summed E-state index contributed by atoms with van der Waals surface area (Å²) in [5, 5.41) is 18.3. The van der Waals surface area contributed by atoms with Crippen LogP contribution in [0.2, 0.25) is 0 Å². The molecule has 2 rings (SSSR count). The predicted molar refractivity (Wildman–Crippen MR) is 67.4 cm³/mol. The molecule has 1 atom stereocenters. The number of aliphatic hydroxyl groups is 1. The number of nitrogens with zero attached hydrogens (tertiary/aromatic N) is 1. The van der Waals surface area contributed by atoms with E-state index in [-0.39, 0.29) is 17.1 Å². The van der Waals surface area contributed by atoms with Crippen LogP contribution in [0.4, 0.5) is 0 Å². The van der Waals surface area contributed by atoms with Crippen LogP contribution in [0.5, 0.6) is 0 Å². The van der Waals surface area contributed by atoms with Crippen molar-refractivity contribution >= 4 is 16.0 Å². The molecule has 104 valence electrons. The van der Waals surface area contributed by atoms with Gasteiger partial charge in [-0.15, -0.1) is 0 Å². The molecule has 2 N–H and O–H groups in total. The summed E-state index contributed by atoms with van der Waals surface area (Å²) in [5.41, 5.74) is -0.244. The highest BCUT2D eigenvalue weighted by molar-refractivity contribution is 7.89. The summed E-state index contributed by atoms with van der Waals surface area (Å²) in [6.07, 6.45) is 1.25. The fourth-order valence-electron chi connectivity index (χ4n) is 2.30. The first kappa shape index (κ1) is 14.0. The minimum atomic E-state index is -3.88. The Balaban J connectivity index is 2.48. The second kappa shape index (κ2) is 5.28. The fraction of sp³-hybridized carbons (Fsp3) is 0.417. The zero-order chi connectivity index (χ0) is 14.0. The van der Waals surface area contributed by atoms with Gasteiger partial charge in [-0.1, -0.05) is 12.1 Å². The monoisotopic (exact) mass is 285 g/mol. The molecule has 1 aromatic rings. The van der Waals surface area contributed by atoms with Crippen LogP contribution in [0, 0.1) is 0 Å². The highest BCUT2D eigenvalue weighted by Crippen LogP contribution is 2.27. The van der Waals surface area contributed by atoms with Gasteiger partial charge in [0.25, 0.3) is 0 Å². The number of carboxylic acids is 1. The number of carboxylic acid groups (broad SMARTS) is 1. The van der Waals surface area contributed by atoms with E-state index < -0.39 is 22.0 Å². The molecule has 1 aromatic carbocycles. The van der Waals surface area contributed by atoms with Crippen LogP contribution in [0.3, 0.4) is 0 Å². The van der Waals surface area contributed by atoms with Crippen molar-refractivity contribution < 1.29 is 23.4 Å². The summed E-state index contributed by atoms with van der Waals surface area (Å²) in [7, 11) is -3.88. The summed E-state index contributed by atoms with van der Waals surface area (Å²) < 4.78 is 26.2. The average molecular weight is 285 g/mol. The van der Waals surface area contributed by atoms with E-state index in [1.54, 1.807) is 0 Å². The molecule has 7 heteroatoms. The van der Waals surface area contributed by atoms with Gasteiger partial charge in [-0.25, -0.2) is 13.2 Å². The Morgan fingerprint density at radius 2 is 2.05 bits per heavy atom. The van der Waals surface area contributed by atoms with Gasteiger partial charge in [0.1, 0.15) is 0 Å². The molecule has 0 unspecified atom stereocenters. The lowest BCUT2D eigenvalue weighted by Gasteiger charge is -2.23. The summed E-state index contributed by atoms with van der Waals surface area (Å²) in [6.45, 7) is 0.0516. The molecule has 1 fully saturated rings. The summed E-state index contributed by atoms with van der Waals surface area (Å²) in [6, 6.07) is 5.05. The first-order valence-corrected chi connectivity index (χ1v) is 7.37. The molecule has 1 aliphatic heterocycles. The van der Waals surface area contributed by atoms with E-state index in [4.69, 9.17) is 5.11 Å². The van der Waals surface area contributed by atoms with E-state index in [9.17, 15) is 18.3 Å². The molecular formula is C12H15NO5S. The normalized spacial score (nSPS) is 20.6. The van der Waals surface area contributed by atoms with Crippen LogP contribution in [0.25, 0.3) is 0 Å². The highest BCUT2D eigenvalue weighted by atomic mass is 32.2. The van der Waals surface area contributed by atoms with Crippen molar-refractivity contribution in [2.75, 3.05) is 13.2 Å². The van der Waals surface area contributed by atoms with Gasteiger partial charge in [-0.2, -0.15) is 4.31 Å². The van der Waals surface area contributed by atoms with Crippen LogP contribution in [-0.2, 0) is 10.0 Å². The van der Waals surface area contributed by atoms with Gasteiger partial charge in [-0.3, -0.25) is 0 Å². The second-order valence-corrected chi connectivity index (χ2v) is 6.25. The predicted octanol–water partition coefficient (Wildman–Crippen LogP) is 0.530. The van der Waals surface area contributed by atoms with Gasteiger partial charge >= 0.3 is 5.97 Å². The largest absolute Gasteiger partial charge is 0.478 e. The van der Waals surface area contributed by atoms with Crippen LogP contribution in [0.1, 0.15) is 23.2 Å². The van der Waals surface area contributed by atoms with Crippen molar-refractivity contribution in [1.29, 1.82) is 0 Å². The Morgan fingerprint density at radius 3 is 2.68 bits per heavy atom. The first-order chi connectivity index (χ1) is 8.98. The third kappa shape index (κ3) is 2.49. The van der Waals surface area contributed by atoms with E-state index in [2.05, 4.69) is 0 Å². The Hall–Kier alpha value is -1.44. The van der Waals surface area contributed by atoms with E-state index in [0.717, 1.165) is 0 Å². The molecule has 19 heavy (non-hydrogen) atoms. The highest BCUT2D eigenvalue weighted by Gasteiger charge is 2.36. The van der Waals surface area contributed by atoms with Crippen molar-refractivity contribution in [3.8, 4) is 0 Å². The number of sulfonamides is 1. The third-order valence-corrected chi connectivity index (χ3v) is 5.25. The van der Waals surface area contributed by atoms with Crippen LogP contribution < -0.4 is 0 Å². The second-order valence-electron chi connectivity index (χ2n) is 4.40. The minimum absolute atomic E-state index is 0.220. The molecule has 0 aliphatic carbocycles. The fourth-order valence-corrected chi connectivity index (χ4v) is 4.17. The molecule has 1 saturated heterocycles. The quantitative estimate of drug-likeness (QED) is 0.841. The summed E-state index contributed by atoms with van der Waals surface area (Å²) in [5.74, 6) is -1.28. The Bertz CT molecular complexity index is 584. The lowest BCUT2D eigenvalue weighted by atomic mass is 10.2. The topological polar surface area (TPSA) is 94.9 Å². The molecule has 6 nitrogen and oxygen atoms in total. The zero-order valence-corrected chi connectivity index (χ0v) is 11.0. The van der Waals surface area contributed by atoms with Gasteiger partial charge in [-0.05, 0) is 25.0 Å². The summed E-state index contributed by atoms with van der Waals surface area (Å²) >= 11 is 0. The molecule has 1 heterocycles. The van der Waals surface area contributed by atoms with Gasteiger partial charge in [0.05, 0.1) is 17.1 Å². The van der Waals surface area contributed by atoms with Gasteiger partial charge in [0.2, 0.25) is 10.0 Å². The number of benzene rings is 1. The number of aromatic carboxylic acids is 1. The number of carbonyl (C=O) groups is 1. The van der Waals surface area contributed by atoms with Crippen molar-refractivity contribution in [2.45, 2.75) is 23.8 Å². The lowest BCUT2D eigenvalue weighted by molar-refractivity contribution is 0.0692. The molecule has 0 radical (unpaired) electrons. The maximum Gasteiger partial charge on any atom is 0.337 e. The van der Waals surface area contributed by atoms with Crippen molar-refractivity contribution in [1.82, 2.24) is 4.31 Å². The zero-order valence-electron chi connectivity index (χ0n) is 10.2. The van der Waals surface area contributed by atoms with Crippen molar-refractivity contribution in [3.63, 3.8) is 0 Å². The van der Waals surface area contributed by atoms with Gasteiger partial charge in [0.15, 0.2) is 0 Å². The van der Waals surface area contributed by atoms with E-state index >= 15 is 0 Å². The van der Waals surface area contributed by atoms with Crippen LogP contribution in [-0.4, -0.2) is 48.1 Å². The smallest absolute Gasteiger partial charge is 0.337 e. The summed E-state index contributed by atoms with van der Waals surface area (Å²) in [4.78, 5) is 10.9. The van der Waals surface area contributed by atoms with Crippen LogP contribution in [0.15, 0.2) is 29.2 Å². The molecule has 0 spiro atoms. The first-order valence-electron chi connectivity index (χ1n) is 5.93. The number of hydrogen-bond acceptors (Lipinski definition) is 4. The maximum atomic E-state index is 12.5. The molecule has 0 aromatic heterocycles. The number of rotatable bonds is 4. The van der Waals surface area contributed by atoms with Gasteiger partial charge < -0.3 is 10.2 Å². The Morgan fingerprint density at radius 1 is 1.37 bits per heavy atom. The van der Waals surface area contributed by atoms with Crippen molar-refractivity contribution in [2.24, 2.45) is 0 Å². The SMILES string of the molecule is O=C(O)c1ccccc1S(=O)(=O)N1CCC[C@H]1CO. The number of aliphatic hydroxyl groups excluding tert-OH is 1. The van der Waals surface area contributed by atoms with E-state index in [0.29, 0.717) is 19.4 Å².